The van der Waals surface area contributed by atoms with Crippen molar-refractivity contribution in [3.63, 3.8) is 0 Å². The lowest BCUT2D eigenvalue weighted by Crippen LogP contribution is -2.48. The summed E-state index contributed by atoms with van der Waals surface area (Å²) in [4.78, 5) is 24.7. The highest BCUT2D eigenvalue weighted by Gasteiger charge is 2.30. The Bertz CT molecular complexity index is 1760. The Labute approximate surface area is 256 Å². The van der Waals surface area contributed by atoms with Crippen LogP contribution in [0.4, 0.5) is 16.4 Å². The van der Waals surface area contributed by atoms with Crippen LogP contribution in [0.2, 0.25) is 0 Å². The first kappa shape index (κ1) is 28.6. The lowest BCUT2D eigenvalue weighted by Gasteiger charge is -2.37. The molecule has 0 aliphatic heterocycles. The molecule has 6 rings (SSSR count). The first-order chi connectivity index (χ1) is 21.5. The molecule has 0 unspecified atom stereocenters. The molecule has 0 spiro atoms. The van der Waals surface area contributed by atoms with Gasteiger partial charge in [-0.1, -0.05) is 42.5 Å². The number of nitriles is 1. The normalized spacial score (nSPS) is 16.2. The van der Waals surface area contributed by atoms with Crippen LogP contribution in [0.15, 0.2) is 85.5 Å². The number of anilines is 2. The lowest BCUT2D eigenvalue weighted by atomic mass is 9.90. The second-order valence-electron chi connectivity index (χ2n) is 11.0. The second-order valence-corrected chi connectivity index (χ2v) is 11.0. The average molecular weight is 587 g/mol. The van der Waals surface area contributed by atoms with Gasteiger partial charge in [-0.05, 0) is 55.0 Å². The van der Waals surface area contributed by atoms with Crippen LogP contribution >= 0.6 is 0 Å². The number of urea groups is 1. The minimum Gasteiger partial charge on any atom is -0.351 e. The zero-order valence-electron chi connectivity index (χ0n) is 24.8. The number of hydrogen-bond acceptors (Lipinski definition) is 7. The Kier molecular flexibility index (Phi) is 8.32. The Morgan fingerprint density at radius 3 is 2.41 bits per heavy atom. The molecule has 1 fully saturated rings. The van der Waals surface area contributed by atoms with E-state index >= 15 is 0 Å². The summed E-state index contributed by atoms with van der Waals surface area (Å²) in [5.74, 6) is 0.479. The van der Waals surface area contributed by atoms with E-state index < -0.39 is 0 Å². The number of rotatable bonds is 8. The summed E-state index contributed by atoms with van der Waals surface area (Å²) < 4.78 is 3.47. The van der Waals surface area contributed by atoms with Crippen molar-refractivity contribution < 1.29 is 4.79 Å². The van der Waals surface area contributed by atoms with Crippen LogP contribution in [-0.2, 0) is 20.6 Å². The summed E-state index contributed by atoms with van der Waals surface area (Å²) in [5, 5.41) is 24.7. The second kappa shape index (κ2) is 12.8. The quantitative estimate of drug-likeness (QED) is 0.253. The van der Waals surface area contributed by atoms with Crippen molar-refractivity contribution in [2.75, 3.05) is 10.2 Å². The van der Waals surface area contributed by atoms with Crippen LogP contribution in [0.25, 0.3) is 22.5 Å². The molecular weight excluding hydrogens is 552 g/mol. The van der Waals surface area contributed by atoms with Gasteiger partial charge < -0.3 is 10.6 Å². The maximum atomic E-state index is 13.7. The molecule has 44 heavy (non-hydrogen) atoms. The highest BCUT2D eigenvalue weighted by atomic mass is 16.2. The summed E-state index contributed by atoms with van der Waals surface area (Å²) in [5.41, 5.74) is 5.69. The number of benzene rings is 2. The Hall–Kier alpha value is -5.50. The van der Waals surface area contributed by atoms with Gasteiger partial charge in [-0.3, -0.25) is 14.3 Å². The van der Waals surface area contributed by atoms with Gasteiger partial charge in [0.05, 0.1) is 23.7 Å². The van der Waals surface area contributed by atoms with E-state index in [2.05, 4.69) is 36.9 Å². The number of aryl methyl sites for hydroxylation is 2. The van der Waals surface area contributed by atoms with Gasteiger partial charge in [-0.15, -0.1) is 0 Å². The molecule has 0 bridgehead atoms. The zero-order chi connectivity index (χ0) is 30.5. The number of carbonyl (C=O) groups is 1. The number of aromatic nitrogens is 6. The molecule has 1 aliphatic rings. The summed E-state index contributed by atoms with van der Waals surface area (Å²) in [6.07, 6.45) is 10.3. The van der Waals surface area contributed by atoms with E-state index in [1.165, 1.54) is 0 Å². The molecule has 11 nitrogen and oxygen atoms in total. The number of hydrogen-bond donors (Lipinski definition) is 2. The smallest absolute Gasteiger partial charge is 0.322 e. The van der Waals surface area contributed by atoms with Gasteiger partial charge in [0.15, 0.2) is 0 Å². The predicted octanol–water partition coefficient (Wildman–Crippen LogP) is 5.29. The van der Waals surface area contributed by atoms with Gasteiger partial charge in [-0.25, -0.2) is 14.8 Å². The summed E-state index contributed by atoms with van der Waals surface area (Å²) in [7, 11) is 3.72. The molecule has 1 saturated carbocycles. The van der Waals surface area contributed by atoms with Crippen LogP contribution in [0.1, 0.15) is 36.8 Å². The summed E-state index contributed by atoms with van der Waals surface area (Å²) in [6.45, 7) is 0.454. The molecule has 2 N–H and O–H groups in total. The largest absolute Gasteiger partial charge is 0.351 e. The van der Waals surface area contributed by atoms with Gasteiger partial charge in [-0.2, -0.15) is 15.5 Å². The standard InChI is InChI=1S/C33H34N10O/c1-41-22-26(21-38-41)24-8-12-28(13-9-24)43(33(44)36-19-23-6-4-3-5-7-23)29-14-10-27(11-15-29)39-32-35-20-25(18-34)31(40-32)30-16-17-37-42(30)2/h3-9,12-13,16-17,20-22,27,29H,10-11,14-15,19H2,1-2H3,(H,36,44)(H,35,39,40). The number of nitrogens with one attached hydrogen (secondary N) is 2. The van der Waals surface area contributed by atoms with Crippen molar-refractivity contribution in [3.8, 4) is 28.6 Å². The van der Waals surface area contributed by atoms with Crippen molar-refractivity contribution in [2.45, 2.75) is 44.3 Å². The van der Waals surface area contributed by atoms with E-state index in [0.29, 0.717) is 23.8 Å². The van der Waals surface area contributed by atoms with E-state index in [9.17, 15) is 10.1 Å². The highest BCUT2D eigenvalue weighted by Crippen LogP contribution is 2.31. The number of nitrogens with zero attached hydrogens (tertiary/aromatic N) is 8. The fraction of sp³-hybridized carbons (Fsp3) is 0.273. The average Bonchev–Trinajstić information content (AvgIpc) is 3.69. The first-order valence-corrected chi connectivity index (χ1v) is 14.7. The molecule has 2 amide bonds. The third-order valence-electron chi connectivity index (χ3n) is 8.06. The van der Waals surface area contributed by atoms with Crippen LogP contribution in [0.5, 0.6) is 0 Å². The summed E-state index contributed by atoms with van der Waals surface area (Å²) >= 11 is 0. The van der Waals surface area contributed by atoms with Crippen molar-refractivity contribution >= 4 is 17.7 Å². The van der Waals surface area contributed by atoms with E-state index in [0.717, 1.165) is 53.8 Å². The molecule has 0 atom stereocenters. The van der Waals surface area contributed by atoms with E-state index in [1.807, 2.05) is 92.1 Å². The van der Waals surface area contributed by atoms with Crippen LogP contribution < -0.4 is 15.5 Å². The summed E-state index contributed by atoms with van der Waals surface area (Å²) in [6, 6.07) is 22.1. The lowest BCUT2D eigenvalue weighted by molar-refractivity contribution is 0.240. The predicted molar refractivity (Wildman–Crippen MR) is 168 cm³/mol. The molecule has 3 aromatic heterocycles. The van der Waals surface area contributed by atoms with Crippen LogP contribution in [0.3, 0.4) is 0 Å². The monoisotopic (exact) mass is 586 g/mol. The van der Waals surface area contributed by atoms with Crippen LogP contribution in [-0.4, -0.2) is 47.6 Å². The van der Waals surface area contributed by atoms with E-state index in [1.54, 1.807) is 21.8 Å². The highest BCUT2D eigenvalue weighted by molar-refractivity contribution is 5.93. The number of carbonyl (C=O) groups excluding carboxylic acids is 1. The van der Waals surface area contributed by atoms with Crippen LogP contribution in [0, 0.1) is 11.3 Å². The Balaban J connectivity index is 1.17. The maximum absolute atomic E-state index is 13.7. The van der Waals surface area contributed by atoms with Crippen molar-refractivity contribution in [2.24, 2.45) is 14.1 Å². The van der Waals surface area contributed by atoms with Crippen molar-refractivity contribution in [3.05, 3.63) is 96.6 Å². The third kappa shape index (κ3) is 6.29. The molecule has 5 aromatic rings. The fourth-order valence-corrected chi connectivity index (χ4v) is 5.73. The molecule has 11 heteroatoms. The number of amides is 2. The zero-order valence-corrected chi connectivity index (χ0v) is 24.8. The van der Waals surface area contributed by atoms with Gasteiger partial charge in [0.2, 0.25) is 5.95 Å². The molecule has 222 valence electrons. The Morgan fingerprint density at radius 1 is 0.977 bits per heavy atom. The van der Waals surface area contributed by atoms with Gasteiger partial charge in [0, 0.05) is 56.4 Å². The van der Waals surface area contributed by atoms with Gasteiger partial charge in [0.25, 0.3) is 0 Å². The van der Waals surface area contributed by atoms with E-state index in [4.69, 9.17) is 0 Å². The molecule has 0 radical (unpaired) electrons. The van der Waals surface area contributed by atoms with Crippen molar-refractivity contribution in [1.29, 1.82) is 5.26 Å². The molecule has 0 saturated heterocycles. The van der Waals surface area contributed by atoms with Gasteiger partial charge in [0.1, 0.15) is 11.8 Å². The fourth-order valence-electron chi connectivity index (χ4n) is 5.73. The molecule has 1 aliphatic carbocycles. The third-order valence-corrected chi connectivity index (χ3v) is 8.06. The molecular formula is C33H34N10O. The molecule has 2 aromatic carbocycles. The van der Waals surface area contributed by atoms with Gasteiger partial charge >= 0.3 is 6.03 Å². The Morgan fingerprint density at radius 2 is 1.75 bits per heavy atom. The van der Waals surface area contributed by atoms with E-state index in [-0.39, 0.29) is 18.1 Å². The van der Waals surface area contributed by atoms with Crippen molar-refractivity contribution in [1.82, 2.24) is 34.8 Å². The first-order valence-electron chi connectivity index (χ1n) is 14.7. The minimum atomic E-state index is -0.115. The SMILES string of the molecule is Cn1cc(-c2ccc(N(C(=O)NCc3ccccc3)C3CCC(Nc4ncc(C#N)c(-c5ccnn5C)n4)CC3)cc2)cn1. The molecule has 3 heterocycles. The maximum Gasteiger partial charge on any atom is 0.322 e. The topological polar surface area (TPSA) is 130 Å². The minimum absolute atomic E-state index is 0.0277.